The Balaban J connectivity index is 1.73. The fraction of sp³-hybridized carbons (Fsp3) is 0.360. The number of nitrogens with one attached hydrogen (secondary N) is 2. The molecule has 0 aliphatic rings. The van der Waals surface area contributed by atoms with E-state index >= 15 is 0 Å². The molecule has 7 heteroatoms. The highest BCUT2D eigenvalue weighted by Gasteiger charge is 2.22. The molecule has 3 aromatic rings. The predicted molar refractivity (Wildman–Crippen MR) is 130 cm³/mol. The summed E-state index contributed by atoms with van der Waals surface area (Å²) in [7, 11) is 0.283. The zero-order chi connectivity index (χ0) is 23.0. The second-order valence-corrected chi connectivity index (χ2v) is 9.93. The van der Waals surface area contributed by atoms with Gasteiger partial charge in [-0.25, -0.2) is 13.1 Å². The summed E-state index contributed by atoms with van der Waals surface area (Å²) in [6, 6.07) is 20.6. The van der Waals surface area contributed by atoms with Gasteiger partial charge in [-0.3, -0.25) is 0 Å². The summed E-state index contributed by atoms with van der Waals surface area (Å²) in [6.07, 6.45) is 0. The van der Waals surface area contributed by atoms with Crippen molar-refractivity contribution >= 4 is 20.8 Å². The quantitative estimate of drug-likeness (QED) is 0.411. The van der Waals surface area contributed by atoms with Crippen molar-refractivity contribution in [3.05, 3.63) is 77.9 Å². The van der Waals surface area contributed by atoms with Gasteiger partial charge < -0.3 is 15.0 Å². The molecule has 0 fully saturated rings. The molecule has 0 aromatic heterocycles. The highest BCUT2D eigenvalue weighted by Crippen LogP contribution is 2.25. The van der Waals surface area contributed by atoms with E-state index in [0.29, 0.717) is 18.0 Å². The molecule has 0 aliphatic carbocycles. The number of hydrogen-bond acceptors (Lipinski definition) is 5. The van der Waals surface area contributed by atoms with Gasteiger partial charge in [0.05, 0.1) is 24.2 Å². The number of ether oxygens (including phenoxy) is 1. The molecular formula is C25H33N3O3S. The van der Waals surface area contributed by atoms with Crippen molar-refractivity contribution in [3.63, 3.8) is 0 Å². The maximum Gasteiger partial charge on any atom is 0.241 e. The first-order valence-electron chi connectivity index (χ1n) is 10.8. The molecule has 0 amide bonds. The molecule has 32 heavy (non-hydrogen) atoms. The van der Waals surface area contributed by atoms with Gasteiger partial charge in [0.15, 0.2) is 0 Å². The lowest BCUT2D eigenvalue weighted by atomic mass is 10.1. The van der Waals surface area contributed by atoms with Crippen LogP contribution in [-0.4, -0.2) is 59.7 Å². The monoisotopic (exact) mass is 455 g/mol. The van der Waals surface area contributed by atoms with Gasteiger partial charge in [0.25, 0.3) is 0 Å². The Morgan fingerprint density at radius 2 is 1.62 bits per heavy atom. The first kappa shape index (κ1) is 24.4. The Labute approximate surface area is 191 Å². The number of aryl methyl sites for hydroxylation is 1. The maximum absolute atomic E-state index is 13.3. The fourth-order valence-electron chi connectivity index (χ4n) is 3.55. The van der Waals surface area contributed by atoms with Gasteiger partial charge >= 0.3 is 0 Å². The molecule has 0 unspecified atom stereocenters. The summed E-state index contributed by atoms with van der Waals surface area (Å²) in [6.45, 7) is 4.80. The summed E-state index contributed by atoms with van der Waals surface area (Å²) < 4.78 is 35.4. The predicted octanol–water partition coefficient (Wildman–Crippen LogP) is 3.16. The van der Waals surface area contributed by atoms with Crippen LogP contribution in [0.5, 0.6) is 0 Å². The molecule has 1 atom stereocenters. The smallest absolute Gasteiger partial charge is 0.241 e. The lowest BCUT2D eigenvalue weighted by Crippen LogP contribution is -2.46. The summed E-state index contributed by atoms with van der Waals surface area (Å²) in [4.78, 5) is 2.37. The van der Waals surface area contributed by atoms with E-state index in [2.05, 4.69) is 14.9 Å². The Hall–Kier alpha value is -2.29. The molecule has 0 aliphatic heterocycles. The SMILES string of the molecule is Cc1ccc(S(=O)(=O)N[C@H](CNCCN(C)C)COCc2ccccc2)c2ccccc12. The lowest BCUT2D eigenvalue weighted by molar-refractivity contribution is 0.104. The fourth-order valence-corrected chi connectivity index (χ4v) is 4.98. The number of benzene rings is 3. The van der Waals surface area contributed by atoms with Crippen molar-refractivity contribution in [1.82, 2.24) is 14.9 Å². The second kappa shape index (κ2) is 11.5. The van der Waals surface area contributed by atoms with Crippen LogP contribution in [0.2, 0.25) is 0 Å². The third kappa shape index (κ3) is 6.85. The van der Waals surface area contributed by atoms with Crippen LogP contribution in [0.15, 0.2) is 71.6 Å². The van der Waals surface area contributed by atoms with Crippen LogP contribution in [-0.2, 0) is 21.4 Å². The molecule has 0 heterocycles. The molecule has 0 saturated carbocycles. The van der Waals surface area contributed by atoms with Gasteiger partial charge in [-0.15, -0.1) is 0 Å². The molecule has 6 nitrogen and oxygen atoms in total. The van der Waals surface area contributed by atoms with Crippen LogP contribution >= 0.6 is 0 Å². The zero-order valence-electron chi connectivity index (χ0n) is 19.0. The van der Waals surface area contributed by atoms with Crippen LogP contribution in [0.1, 0.15) is 11.1 Å². The first-order valence-corrected chi connectivity index (χ1v) is 12.3. The van der Waals surface area contributed by atoms with E-state index in [1.807, 2.05) is 81.7 Å². The third-order valence-electron chi connectivity index (χ3n) is 5.27. The van der Waals surface area contributed by atoms with Gasteiger partial charge in [0.1, 0.15) is 0 Å². The average molecular weight is 456 g/mol. The zero-order valence-corrected chi connectivity index (χ0v) is 19.9. The van der Waals surface area contributed by atoms with Gasteiger partial charge in [-0.1, -0.05) is 60.7 Å². The van der Waals surface area contributed by atoms with Crippen molar-refractivity contribution in [2.75, 3.05) is 40.3 Å². The number of nitrogens with zero attached hydrogens (tertiary/aromatic N) is 1. The summed E-state index contributed by atoms with van der Waals surface area (Å²) >= 11 is 0. The molecular weight excluding hydrogens is 422 g/mol. The lowest BCUT2D eigenvalue weighted by Gasteiger charge is -2.21. The molecule has 172 valence electrons. The van der Waals surface area contributed by atoms with Crippen molar-refractivity contribution in [1.29, 1.82) is 0 Å². The number of hydrogen-bond donors (Lipinski definition) is 2. The minimum absolute atomic E-state index is 0.271. The first-order chi connectivity index (χ1) is 15.4. The van der Waals surface area contributed by atoms with Gasteiger partial charge in [-0.05, 0) is 43.6 Å². The summed E-state index contributed by atoms with van der Waals surface area (Å²) in [5.74, 6) is 0. The molecule has 3 rings (SSSR count). The van der Waals surface area contributed by atoms with Crippen molar-refractivity contribution in [2.24, 2.45) is 0 Å². The number of sulfonamides is 1. The molecule has 0 spiro atoms. The molecule has 2 N–H and O–H groups in total. The maximum atomic E-state index is 13.3. The van der Waals surface area contributed by atoms with Gasteiger partial charge in [0, 0.05) is 25.0 Å². The van der Waals surface area contributed by atoms with Crippen molar-refractivity contribution in [2.45, 2.75) is 24.5 Å². The largest absolute Gasteiger partial charge is 0.375 e. The number of likely N-dealkylation sites (N-methyl/N-ethyl adjacent to an activating group) is 1. The van der Waals surface area contributed by atoms with Crippen LogP contribution in [0.3, 0.4) is 0 Å². The van der Waals surface area contributed by atoms with Crippen molar-refractivity contribution < 1.29 is 13.2 Å². The second-order valence-electron chi connectivity index (χ2n) is 8.25. The molecule has 0 bridgehead atoms. The average Bonchev–Trinajstić information content (AvgIpc) is 2.77. The minimum atomic E-state index is -3.73. The van der Waals surface area contributed by atoms with E-state index in [0.717, 1.165) is 35.0 Å². The number of rotatable bonds is 12. The topological polar surface area (TPSA) is 70.7 Å². The van der Waals surface area contributed by atoms with Gasteiger partial charge in [-0.2, -0.15) is 0 Å². The normalized spacial score (nSPS) is 13.0. The number of fused-ring (bicyclic) bond motifs is 1. The Kier molecular flexibility index (Phi) is 8.78. The molecule has 0 saturated heterocycles. The Morgan fingerprint density at radius 1 is 0.938 bits per heavy atom. The van der Waals surface area contributed by atoms with Crippen LogP contribution in [0.4, 0.5) is 0 Å². The molecule has 0 radical (unpaired) electrons. The Morgan fingerprint density at radius 3 is 2.34 bits per heavy atom. The van der Waals surface area contributed by atoms with Crippen LogP contribution in [0, 0.1) is 6.92 Å². The molecule has 3 aromatic carbocycles. The van der Waals surface area contributed by atoms with E-state index in [9.17, 15) is 8.42 Å². The van der Waals surface area contributed by atoms with E-state index in [4.69, 9.17) is 4.74 Å². The van der Waals surface area contributed by atoms with E-state index in [1.54, 1.807) is 6.07 Å². The van der Waals surface area contributed by atoms with Crippen LogP contribution in [0.25, 0.3) is 10.8 Å². The highest BCUT2D eigenvalue weighted by molar-refractivity contribution is 7.89. The standard InChI is InChI=1S/C25H33N3O3S/c1-20-13-14-25(24-12-8-7-11-23(20)24)32(29,30)27-22(17-26-15-16-28(2)3)19-31-18-21-9-5-4-6-10-21/h4-14,22,26-27H,15-19H2,1-3H3/t22-/m1/s1. The van der Waals surface area contributed by atoms with E-state index < -0.39 is 16.1 Å². The minimum Gasteiger partial charge on any atom is -0.375 e. The van der Waals surface area contributed by atoms with E-state index in [1.165, 1.54) is 0 Å². The van der Waals surface area contributed by atoms with Crippen LogP contribution < -0.4 is 10.0 Å². The third-order valence-corrected chi connectivity index (χ3v) is 6.85. The van der Waals surface area contributed by atoms with Crippen molar-refractivity contribution in [3.8, 4) is 0 Å². The Bertz CT molecular complexity index is 1100. The van der Waals surface area contributed by atoms with Gasteiger partial charge in [0.2, 0.25) is 10.0 Å². The van der Waals surface area contributed by atoms with E-state index in [-0.39, 0.29) is 6.61 Å². The summed E-state index contributed by atoms with van der Waals surface area (Å²) in [5, 5.41) is 5.00. The summed E-state index contributed by atoms with van der Waals surface area (Å²) in [5.41, 5.74) is 2.10. The highest BCUT2D eigenvalue weighted by atomic mass is 32.2.